The Bertz CT molecular complexity index is 601. The summed E-state index contributed by atoms with van der Waals surface area (Å²) in [5, 5.41) is 5.00. The van der Waals surface area contributed by atoms with Crippen LogP contribution in [0.25, 0.3) is 10.9 Å². The summed E-state index contributed by atoms with van der Waals surface area (Å²) < 4.78 is 0. The topological polar surface area (TPSA) is 24.9 Å². The van der Waals surface area contributed by atoms with Gasteiger partial charge in [-0.1, -0.05) is 26.3 Å². The van der Waals surface area contributed by atoms with Crippen molar-refractivity contribution in [3.63, 3.8) is 0 Å². The molecule has 1 unspecified atom stereocenters. The Morgan fingerprint density at radius 1 is 1.26 bits per heavy atom. The maximum atomic E-state index is 4.51. The van der Waals surface area contributed by atoms with Crippen LogP contribution in [0, 0.1) is 12.3 Å². The molecular formula is C17H22N2. The highest BCUT2D eigenvalue weighted by atomic mass is 14.9. The van der Waals surface area contributed by atoms with Crippen molar-refractivity contribution in [3.05, 3.63) is 36.0 Å². The first kappa shape index (κ1) is 12.5. The molecule has 19 heavy (non-hydrogen) atoms. The zero-order valence-corrected chi connectivity index (χ0v) is 12.0. The second-order valence-corrected chi connectivity index (χ2v) is 6.41. The molecule has 1 atom stereocenters. The average Bonchev–Trinajstić information content (AvgIpc) is 2.72. The third-order valence-corrected chi connectivity index (χ3v) is 4.56. The fourth-order valence-electron chi connectivity index (χ4n) is 3.22. The van der Waals surface area contributed by atoms with Crippen LogP contribution in [0.1, 0.15) is 38.7 Å². The van der Waals surface area contributed by atoms with Crippen molar-refractivity contribution in [1.29, 1.82) is 0 Å². The third kappa shape index (κ3) is 2.20. The standard InChI is InChI=1S/C17H22N2/c1-12-8-9-14(13-6-5-11-18-16(12)13)19-15-7-4-10-17(15,2)3/h5-6,8-9,11,15,19H,4,7,10H2,1-3H3. The number of hydrogen-bond acceptors (Lipinski definition) is 2. The van der Waals surface area contributed by atoms with E-state index in [0.29, 0.717) is 11.5 Å². The van der Waals surface area contributed by atoms with E-state index in [0.717, 1.165) is 5.52 Å². The Labute approximate surface area is 115 Å². The first-order chi connectivity index (χ1) is 9.08. The molecule has 2 nitrogen and oxygen atoms in total. The maximum absolute atomic E-state index is 4.51. The first-order valence-electron chi connectivity index (χ1n) is 7.19. The first-order valence-corrected chi connectivity index (χ1v) is 7.19. The molecule has 1 aliphatic rings. The lowest BCUT2D eigenvalue weighted by atomic mass is 9.87. The summed E-state index contributed by atoms with van der Waals surface area (Å²) in [6, 6.07) is 9.12. The molecule has 2 heteroatoms. The van der Waals surface area contributed by atoms with Crippen LogP contribution in [-0.2, 0) is 0 Å². The number of aromatic nitrogens is 1. The molecule has 1 saturated carbocycles. The fraction of sp³-hybridized carbons (Fsp3) is 0.471. The summed E-state index contributed by atoms with van der Waals surface area (Å²) in [4.78, 5) is 4.51. The summed E-state index contributed by atoms with van der Waals surface area (Å²) in [6.07, 6.45) is 5.78. The quantitative estimate of drug-likeness (QED) is 0.851. The van der Waals surface area contributed by atoms with Gasteiger partial charge in [-0.2, -0.15) is 0 Å². The highest BCUT2D eigenvalue weighted by molar-refractivity contribution is 5.93. The van der Waals surface area contributed by atoms with Gasteiger partial charge in [-0.25, -0.2) is 0 Å². The SMILES string of the molecule is Cc1ccc(NC2CCCC2(C)C)c2cccnc12. The highest BCUT2D eigenvalue weighted by Crippen LogP contribution is 2.40. The molecule has 0 aliphatic heterocycles. The summed E-state index contributed by atoms with van der Waals surface area (Å²) >= 11 is 0. The van der Waals surface area contributed by atoms with Gasteiger partial charge < -0.3 is 5.32 Å². The second-order valence-electron chi connectivity index (χ2n) is 6.41. The fourth-order valence-corrected chi connectivity index (χ4v) is 3.22. The van der Waals surface area contributed by atoms with Gasteiger partial charge in [-0.15, -0.1) is 0 Å². The van der Waals surface area contributed by atoms with Gasteiger partial charge in [0.15, 0.2) is 0 Å². The van der Waals surface area contributed by atoms with E-state index in [1.807, 2.05) is 12.3 Å². The van der Waals surface area contributed by atoms with Crippen LogP contribution in [0.2, 0.25) is 0 Å². The third-order valence-electron chi connectivity index (χ3n) is 4.56. The molecule has 1 aliphatic carbocycles. The van der Waals surface area contributed by atoms with Gasteiger partial charge in [0.05, 0.1) is 5.52 Å². The molecular weight excluding hydrogens is 232 g/mol. The molecule has 0 radical (unpaired) electrons. The van der Waals surface area contributed by atoms with E-state index in [2.05, 4.69) is 49.3 Å². The summed E-state index contributed by atoms with van der Waals surface area (Å²) in [6.45, 7) is 6.86. The van der Waals surface area contributed by atoms with Crippen molar-refractivity contribution in [2.75, 3.05) is 5.32 Å². The summed E-state index contributed by atoms with van der Waals surface area (Å²) in [5.74, 6) is 0. The van der Waals surface area contributed by atoms with Gasteiger partial charge in [0.25, 0.3) is 0 Å². The lowest BCUT2D eigenvalue weighted by Crippen LogP contribution is -2.30. The number of nitrogens with one attached hydrogen (secondary N) is 1. The number of anilines is 1. The van der Waals surface area contributed by atoms with Gasteiger partial charge in [-0.3, -0.25) is 4.98 Å². The van der Waals surface area contributed by atoms with E-state index in [9.17, 15) is 0 Å². The number of aryl methyl sites for hydroxylation is 1. The van der Waals surface area contributed by atoms with Crippen LogP contribution in [0.4, 0.5) is 5.69 Å². The average molecular weight is 254 g/mol. The van der Waals surface area contributed by atoms with Crippen molar-refractivity contribution >= 4 is 16.6 Å². The minimum atomic E-state index is 0.388. The lowest BCUT2D eigenvalue weighted by Gasteiger charge is -2.29. The van der Waals surface area contributed by atoms with Gasteiger partial charge >= 0.3 is 0 Å². The predicted octanol–water partition coefficient (Wildman–Crippen LogP) is 4.53. The molecule has 1 N–H and O–H groups in total. The zero-order chi connectivity index (χ0) is 13.5. The zero-order valence-electron chi connectivity index (χ0n) is 12.0. The van der Waals surface area contributed by atoms with Crippen LogP contribution in [0.5, 0.6) is 0 Å². The van der Waals surface area contributed by atoms with E-state index in [1.54, 1.807) is 0 Å². The van der Waals surface area contributed by atoms with Gasteiger partial charge in [0, 0.05) is 23.3 Å². The number of hydrogen-bond donors (Lipinski definition) is 1. The van der Waals surface area contributed by atoms with Crippen LogP contribution >= 0.6 is 0 Å². The van der Waals surface area contributed by atoms with E-state index in [-0.39, 0.29) is 0 Å². The van der Waals surface area contributed by atoms with Crippen LogP contribution in [0.15, 0.2) is 30.5 Å². The highest BCUT2D eigenvalue weighted by Gasteiger charge is 2.34. The van der Waals surface area contributed by atoms with Crippen molar-refractivity contribution in [2.45, 2.75) is 46.1 Å². The molecule has 0 bridgehead atoms. The molecule has 3 rings (SSSR count). The summed E-state index contributed by atoms with van der Waals surface area (Å²) in [5.41, 5.74) is 3.98. The molecule has 100 valence electrons. The Kier molecular flexibility index (Phi) is 2.96. The Morgan fingerprint density at radius 2 is 2.11 bits per heavy atom. The smallest absolute Gasteiger partial charge is 0.0751 e. The van der Waals surface area contributed by atoms with Crippen LogP contribution in [0.3, 0.4) is 0 Å². The predicted molar refractivity (Wildman–Crippen MR) is 81.5 cm³/mol. The van der Waals surface area contributed by atoms with E-state index in [1.165, 1.54) is 35.9 Å². The van der Waals surface area contributed by atoms with Crippen molar-refractivity contribution < 1.29 is 0 Å². The van der Waals surface area contributed by atoms with Crippen molar-refractivity contribution in [3.8, 4) is 0 Å². The number of nitrogens with zero attached hydrogens (tertiary/aromatic N) is 1. The minimum absolute atomic E-state index is 0.388. The minimum Gasteiger partial charge on any atom is -0.381 e. The molecule has 0 saturated heterocycles. The van der Waals surface area contributed by atoms with Gasteiger partial charge in [-0.05, 0) is 48.9 Å². The molecule has 1 fully saturated rings. The van der Waals surface area contributed by atoms with Crippen molar-refractivity contribution in [2.24, 2.45) is 5.41 Å². The van der Waals surface area contributed by atoms with Crippen molar-refractivity contribution in [1.82, 2.24) is 4.98 Å². The largest absolute Gasteiger partial charge is 0.381 e. The Balaban J connectivity index is 2.00. The molecule has 1 aromatic heterocycles. The number of fused-ring (bicyclic) bond motifs is 1. The van der Waals surface area contributed by atoms with E-state index in [4.69, 9.17) is 0 Å². The van der Waals surface area contributed by atoms with Crippen LogP contribution < -0.4 is 5.32 Å². The van der Waals surface area contributed by atoms with E-state index >= 15 is 0 Å². The molecule has 0 amide bonds. The van der Waals surface area contributed by atoms with E-state index < -0.39 is 0 Å². The number of benzene rings is 1. The summed E-state index contributed by atoms with van der Waals surface area (Å²) in [7, 11) is 0. The maximum Gasteiger partial charge on any atom is 0.0751 e. The molecule has 0 spiro atoms. The Hall–Kier alpha value is -1.57. The lowest BCUT2D eigenvalue weighted by molar-refractivity contribution is 0.350. The Morgan fingerprint density at radius 3 is 2.84 bits per heavy atom. The molecule has 1 heterocycles. The number of pyridine rings is 1. The molecule has 2 aromatic rings. The monoisotopic (exact) mass is 254 g/mol. The van der Waals surface area contributed by atoms with Crippen LogP contribution in [-0.4, -0.2) is 11.0 Å². The normalized spacial score (nSPS) is 21.7. The molecule has 1 aromatic carbocycles. The second kappa shape index (κ2) is 4.52. The number of rotatable bonds is 2. The van der Waals surface area contributed by atoms with Gasteiger partial charge in [0.2, 0.25) is 0 Å². The van der Waals surface area contributed by atoms with Gasteiger partial charge in [0.1, 0.15) is 0 Å².